The molecule has 0 unspecified atom stereocenters. The Kier molecular flexibility index (Phi) is 5.38. The third kappa shape index (κ3) is 3.41. The lowest BCUT2D eigenvalue weighted by Gasteiger charge is -2.27. The summed E-state index contributed by atoms with van der Waals surface area (Å²) in [5.41, 5.74) is 3.86. The molecule has 0 radical (unpaired) electrons. The fraction of sp³-hybridized carbons (Fsp3) is 0.312. The molecule has 0 bridgehead atoms. The van der Waals surface area contributed by atoms with Crippen LogP contribution < -0.4 is 9.80 Å². The molecule has 1 amide bonds. The van der Waals surface area contributed by atoms with E-state index in [4.69, 9.17) is 5.11 Å². The minimum absolute atomic E-state index is 0.674. The molecule has 0 aliphatic heterocycles. The summed E-state index contributed by atoms with van der Waals surface area (Å²) >= 11 is 0. The molecule has 20 heavy (non-hydrogen) atoms. The van der Waals surface area contributed by atoms with E-state index in [1.165, 1.54) is 4.90 Å². The molecular formula is C16H22N2O2. The number of hydrogen-bond acceptors (Lipinski definition) is 2. The predicted octanol–water partition coefficient (Wildman–Crippen LogP) is 3.60. The first-order valence-corrected chi connectivity index (χ1v) is 6.47. The number of amides is 1. The maximum atomic E-state index is 11.0. The monoisotopic (exact) mass is 274 g/mol. The smallest absolute Gasteiger partial charge is 0.411 e. The van der Waals surface area contributed by atoms with E-state index >= 15 is 0 Å². The van der Waals surface area contributed by atoms with Gasteiger partial charge in [-0.3, -0.25) is 4.90 Å². The van der Waals surface area contributed by atoms with Crippen molar-refractivity contribution in [3.63, 3.8) is 0 Å². The van der Waals surface area contributed by atoms with Gasteiger partial charge in [-0.25, -0.2) is 4.79 Å². The van der Waals surface area contributed by atoms with Gasteiger partial charge in [-0.2, -0.15) is 0 Å². The molecule has 0 atom stereocenters. The van der Waals surface area contributed by atoms with Crippen LogP contribution in [0.5, 0.6) is 0 Å². The van der Waals surface area contributed by atoms with Crippen LogP contribution in [0.25, 0.3) is 0 Å². The van der Waals surface area contributed by atoms with Gasteiger partial charge in [0.15, 0.2) is 0 Å². The van der Waals surface area contributed by atoms with Gasteiger partial charge in [0.05, 0.1) is 0 Å². The topological polar surface area (TPSA) is 43.8 Å². The number of hydrogen-bond donors (Lipinski definition) is 1. The normalized spacial score (nSPS) is 9.95. The zero-order valence-corrected chi connectivity index (χ0v) is 12.4. The molecule has 0 aromatic heterocycles. The Morgan fingerprint density at radius 3 is 2.00 bits per heavy atom. The highest BCUT2D eigenvalue weighted by atomic mass is 16.4. The summed E-state index contributed by atoms with van der Waals surface area (Å²) < 4.78 is 0. The quantitative estimate of drug-likeness (QED) is 0.806. The van der Waals surface area contributed by atoms with Crippen LogP contribution in [-0.2, 0) is 0 Å². The maximum absolute atomic E-state index is 11.0. The Balaban J connectivity index is 3.25. The van der Waals surface area contributed by atoms with Gasteiger partial charge in [0, 0.05) is 31.5 Å². The zero-order chi connectivity index (χ0) is 15.3. The third-order valence-corrected chi connectivity index (χ3v) is 3.17. The molecule has 108 valence electrons. The molecule has 1 aromatic rings. The molecule has 0 saturated heterocycles. The first-order valence-electron chi connectivity index (χ1n) is 6.47. The van der Waals surface area contributed by atoms with Crippen molar-refractivity contribution in [3.05, 3.63) is 48.6 Å². The van der Waals surface area contributed by atoms with Crippen molar-refractivity contribution < 1.29 is 9.90 Å². The number of rotatable bonds is 6. The molecular weight excluding hydrogens is 252 g/mol. The van der Waals surface area contributed by atoms with Gasteiger partial charge in [-0.05, 0) is 37.1 Å². The van der Waals surface area contributed by atoms with Gasteiger partial charge in [-0.1, -0.05) is 12.2 Å². The van der Waals surface area contributed by atoms with E-state index in [0.717, 1.165) is 29.9 Å². The Bertz CT molecular complexity index is 490. The number of benzene rings is 1. The largest absolute Gasteiger partial charge is 0.465 e. The summed E-state index contributed by atoms with van der Waals surface area (Å²) in [5.74, 6) is 0. The Morgan fingerprint density at radius 2 is 1.65 bits per heavy atom. The van der Waals surface area contributed by atoms with Gasteiger partial charge in [0.25, 0.3) is 0 Å². The predicted molar refractivity (Wildman–Crippen MR) is 85.0 cm³/mol. The summed E-state index contributed by atoms with van der Waals surface area (Å²) in [6.45, 7) is 13.0. The van der Waals surface area contributed by atoms with Crippen molar-refractivity contribution in [1.82, 2.24) is 0 Å². The summed E-state index contributed by atoms with van der Waals surface area (Å²) in [6, 6.07) is 3.77. The van der Waals surface area contributed by atoms with Gasteiger partial charge >= 0.3 is 6.09 Å². The van der Waals surface area contributed by atoms with Crippen molar-refractivity contribution in [3.8, 4) is 0 Å². The Hall–Kier alpha value is -2.23. The summed E-state index contributed by atoms with van der Waals surface area (Å²) in [5, 5.41) is 9.05. The van der Waals surface area contributed by atoms with Crippen molar-refractivity contribution >= 4 is 17.5 Å². The lowest BCUT2D eigenvalue weighted by molar-refractivity contribution is 0.203. The summed E-state index contributed by atoms with van der Waals surface area (Å²) in [6.07, 6.45) is 2.73. The van der Waals surface area contributed by atoms with Crippen LogP contribution in [0, 0.1) is 13.8 Å². The van der Waals surface area contributed by atoms with E-state index in [2.05, 4.69) is 18.1 Å². The average Bonchev–Trinajstić information content (AvgIpc) is 2.37. The standard InChI is InChI=1S/C16H22N2O2/c1-6-8-18(9-7-2)15-12(3)10-14(11-13(15)4)17(5)16(19)20/h6-7,10-11H,1-2,8-9H2,3-5H3,(H,19,20). The minimum atomic E-state index is -0.967. The average molecular weight is 274 g/mol. The van der Waals surface area contributed by atoms with E-state index in [9.17, 15) is 4.79 Å². The molecule has 0 spiro atoms. The second-order valence-electron chi connectivity index (χ2n) is 4.75. The molecule has 0 heterocycles. The fourth-order valence-corrected chi connectivity index (χ4v) is 2.30. The van der Waals surface area contributed by atoms with Crippen LogP contribution in [0.15, 0.2) is 37.4 Å². The molecule has 1 N–H and O–H groups in total. The number of nitrogens with zero attached hydrogens (tertiary/aromatic N) is 2. The van der Waals surface area contributed by atoms with Crippen molar-refractivity contribution in [2.75, 3.05) is 29.9 Å². The minimum Gasteiger partial charge on any atom is -0.465 e. The first-order chi connectivity index (χ1) is 9.42. The van der Waals surface area contributed by atoms with Crippen LogP contribution in [-0.4, -0.2) is 31.3 Å². The van der Waals surface area contributed by atoms with Crippen LogP contribution in [0.3, 0.4) is 0 Å². The molecule has 0 aliphatic carbocycles. The molecule has 0 aliphatic rings. The highest BCUT2D eigenvalue weighted by molar-refractivity contribution is 5.86. The lowest BCUT2D eigenvalue weighted by Crippen LogP contribution is -2.26. The Morgan fingerprint density at radius 1 is 1.20 bits per heavy atom. The SMILES string of the molecule is C=CCN(CC=C)c1c(C)cc(N(C)C(=O)O)cc1C. The van der Waals surface area contributed by atoms with Crippen LogP contribution >= 0.6 is 0 Å². The number of carbonyl (C=O) groups is 1. The maximum Gasteiger partial charge on any atom is 0.411 e. The van der Waals surface area contributed by atoms with Gasteiger partial charge in [-0.15, -0.1) is 13.2 Å². The highest BCUT2D eigenvalue weighted by Gasteiger charge is 2.15. The van der Waals surface area contributed by atoms with E-state index in [1.807, 2.05) is 38.1 Å². The second kappa shape index (κ2) is 6.80. The number of carboxylic acid groups (broad SMARTS) is 1. The van der Waals surface area contributed by atoms with E-state index in [0.29, 0.717) is 5.69 Å². The van der Waals surface area contributed by atoms with Crippen molar-refractivity contribution in [2.24, 2.45) is 0 Å². The van der Waals surface area contributed by atoms with Gasteiger partial charge in [0.2, 0.25) is 0 Å². The van der Waals surface area contributed by atoms with E-state index < -0.39 is 6.09 Å². The lowest BCUT2D eigenvalue weighted by atomic mass is 10.1. The molecule has 4 nitrogen and oxygen atoms in total. The highest BCUT2D eigenvalue weighted by Crippen LogP contribution is 2.30. The molecule has 4 heteroatoms. The van der Waals surface area contributed by atoms with Crippen molar-refractivity contribution in [2.45, 2.75) is 13.8 Å². The van der Waals surface area contributed by atoms with Crippen LogP contribution in [0.4, 0.5) is 16.2 Å². The molecule has 0 fully saturated rings. The van der Waals surface area contributed by atoms with E-state index in [1.54, 1.807) is 7.05 Å². The van der Waals surface area contributed by atoms with Crippen LogP contribution in [0.1, 0.15) is 11.1 Å². The summed E-state index contributed by atoms with van der Waals surface area (Å²) in [4.78, 5) is 14.4. The van der Waals surface area contributed by atoms with Crippen molar-refractivity contribution in [1.29, 1.82) is 0 Å². The molecule has 1 rings (SSSR count). The van der Waals surface area contributed by atoms with Gasteiger partial charge < -0.3 is 10.0 Å². The fourth-order valence-electron chi connectivity index (χ4n) is 2.30. The van der Waals surface area contributed by atoms with E-state index in [-0.39, 0.29) is 0 Å². The molecule has 0 saturated carbocycles. The second-order valence-corrected chi connectivity index (χ2v) is 4.75. The number of anilines is 2. The van der Waals surface area contributed by atoms with Crippen LogP contribution in [0.2, 0.25) is 0 Å². The number of aryl methyl sites for hydroxylation is 2. The van der Waals surface area contributed by atoms with Gasteiger partial charge in [0.1, 0.15) is 0 Å². The third-order valence-electron chi connectivity index (χ3n) is 3.17. The Labute approximate surface area is 120 Å². The molecule has 1 aromatic carbocycles. The zero-order valence-electron chi connectivity index (χ0n) is 12.4. The first kappa shape index (κ1) is 15.8. The summed E-state index contributed by atoms with van der Waals surface area (Å²) in [7, 11) is 1.54.